The van der Waals surface area contributed by atoms with E-state index in [0.29, 0.717) is 11.3 Å². The molecule has 1 aliphatic heterocycles. The Morgan fingerprint density at radius 2 is 2.25 bits per heavy atom. The standard InChI is InChI=1S/C12H15NO3/c1-12(2)6-7-4-3-5-8(10(7)16-12)9(13)11(14)15/h3-5,9H,6,13H2,1-2H3,(H,14,15). The lowest BCUT2D eigenvalue weighted by Gasteiger charge is -2.19. The minimum absolute atomic E-state index is 0.281. The number of fused-ring (bicyclic) bond motifs is 1. The quantitative estimate of drug-likeness (QED) is 0.793. The maximum absolute atomic E-state index is 10.9. The van der Waals surface area contributed by atoms with Crippen molar-refractivity contribution in [1.29, 1.82) is 0 Å². The van der Waals surface area contributed by atoms with Crippen LogP contribution in [-0.2, 0) is 11.2 Å². The van der Waals surface area contributed by atoms with Gasteiger partial charge in [0.15, 0.2) is 0 Å². The molecule has 0 saturated carbocycles. The summed E-state index contributed by atoms with van der Waals surface area (Å²) in [4.78, 5) is 10.9. The van der Waals surface area contributed by atoms with Crippen LogP contribution >= 0.6 is 0 Å². The number of hydrogen-bond donors (Lipinski definition) is 2. The lowest BCUT2D eigenvalue weighted by molar-refractivity contribution is -0.138. The average molecular weight is 221 g/mol. The van der Waals surface area contributed by atoms with Gasteiger partial charge in [0, 0.05) is 12.0 Å². The van der Waals surface area contributed by atoms with Crippen LogP contribution in [0.1, 0.15) is 31.0 Å². The van der Waals surface area contributed by atoms with E-state index >= 15 is 0 Å². The molecule has 1 aromatic rings. The Hall–Kier alpha value is -1.55. The fraction of sp³-hybridized carbons (Fsp3) is 0.417. The third kappa shape index (κ3) is 1.76. The number of carboxylic acids is 1. The first-order valence-electron chi connectivity index (χ1n) is 5.20. The van der Waals surface area contributed by atoms with Crippen molar-refractivity contribution in [1.82, 2.24) is 0 Å². The first-order chi connectivity index (χ1) is 7.41. The SMILES string of the molecule is CC1(C)Cc2cccc(C(N)C(=O)O)c2O1. The van der Waals surface area contributed by atoms with Crippen LogP contribution in [0, 0.1) is 0 Å². The molecule has 0 bridgehead atoms. The van der Waals surface area contributed by atoms with E-state index in [1.165, 1.54) is 0 Å². The van der Waals surface area contributed by atoms with Gasteiger partial charge < -0.3 is 15.6 Å². The van der Waals surface area contributed by atoms with Crippen LogP contribution in [0.4, 0.5) is 0 Å². The molecule has 1 unspecified atom stereocenters. The Morgan fingerprint density at radius 1 is 1.56 bits per heavy atom. The molecule has 1 heterocycles. The Labute approximate surface area is 94.0 Å². The molecule has 0 spiro atoms. The van der Waals surface area contributed by atoms with Gasteiger partial charge in [-0.2, -0.15) is 0 Å². The Kier molecular flexibility index (Phi) is 2.39. The summed E-state index contributed by atoms with van der Waals surface area (Å²) in [5, 5.41) is 8.92. The molecule has 1 aliphatic rings. The van der Waals surface area contributed by atoms with E-state index in [0.717, 1.165) is 12.0 Å². The molecule has 1 atom stereocenters. The molecule has 4 nitrogen and oxygen atoms in total. The van der Waals surface area contributed by atoms with E-state index in [1.807, 2.05) is 26.0 Å². The van der Waals surface area contributed by atoms with Gasteiger partial charge in [-0.3, -0.25) is 4.79 Å². The molecule has 0 amide bonds. The fourth-order valence-electron chi connectivity index (χ4n) is 2.02. The highest BCUT2D eigenvalue weighted by Gasteiger charge is 2.33. The summed E-state index contributed by atoms with van der Waals surface area (Å²) in [5.74, 6) is -0.399. The van der Waals surface area contributed by atoms with Crippen molar-refractivity contribution in [2.24, 2.45) is 5.73 Å². The summed E-state index contributed by atoms with van der Waals surface area (Å²) in [7, 11) is 0. The Bertz CT molecular complexity index is 440. The number of carboxylic acid groups (broad SMARTS) is 1. The van der Waals surface area contributed by atoms with Crippen LogP contribution in [0.3, 0.4) is 0 Å². The highest BCUT2D eigenvalue weighted by molar-refractivity contribution is 5.76. The summed E-state index contributed by atoms with van der Waals surface area (Å²) in [6, 6.07) is 4.45. The van der Waals surface area contributed by atoms with Gasteiger partial charge in [-0.25, -0.2) is 0 Å². The van der Waals surface area contributed by atoms with Gasteiger partial charge in [0.05, 0.1) is 0 Å². The van der Waals surface area contributed by atoms with Crippen LogP contribution in [0.2, 0.25) is 0 Å². The minimum atomic E-state index is -1.04. The molecule has 0 aliphatic carbocycles. The van der Waals surface area contributed by atoms with Crippen molar-refractivity contribution in [3.63, 3.8) is 0 Å². The van der Waals surface area contributed by atoms with Crippen molar-refractivity contribution in [3.8, 4) is 5.75 Å². The molecule has 16 heavy (non-hydrogen) atoms. The zero-order chi connectivity index (χ0) is 11.9. The molecular weight excluding hydrogens is 206 g/mol. The monoisotopic (exact) mass is 221 g/mol. The number of rotatable bonds is 2. The van der Waals surface area contributed by atoms with Crippen molar-refractivity contribution in [3.05, 3.63) is 29.3 Å². The summed E-state index contributed by atoms with van der Waals surface area (Å²) in [6.45, 7) is 3.95. The Morgan fingerprint density at radius 3 is 2.88 bits per heavy atom. The predicted octanol–water partition coefficient (Wildman–Crippen LogP) is 1.48. The van der Waals surface area contributed by atoms with E-state index in [-0.39, 0.29) is 5.60 Å². The van der Waals surface area contributed by atoms with Crippen molar-refractivity contribution in [2.45, 2.75) is 31.9 Å². The molecule has 4 heteroatoms. The van der Waals surface area contributed by atoms with Gasteiger partial charge in [0.2, 0.25) is 0 Å². The van der Waals surface area contributed by atoms with Crippen LogP contribution < -0.4 is 10.5 Å². The van der Waals surface area contributed by atoms with E-state index in [1.54, 1.807) is 6.07 Å². The van der Waals surface area contributed by atoms with Gasteiger partial charge >= 0.3 is 5.97 Å². The van der Waals surface area contributed by atoms with Gasteiger partial charge in [0.25, 0.3) is 0 Å². The third-order valence-corrected chi connectivity index (χ3v) is 2.72. The lowest BCUT2D eigenvalue weighted by Crippen LogP contribution is -2.26. The molecule has 0 saturated heterocycles. The summed E-state index contributed by atoms with van der Waals surface area (Å²) >= 11 is 0. The maximum atomic E-state index is 10.9. The predicted molar refractivity (Wildman–Crippen MR) is 59.4 cm³/mol. The zero-order valence-electron chi connectivity index (χ0n) is 9.36. The van der Waals surface area contributed by atoms with Gasteiger partial charge in [-0.15, -0.1) is 0 Å². The summed E-state index contributed by atoms with van der Waals surface area (Å²) in [6.07, 6.45) is 0.780. The highest BCUT2D eigenvalue weighted by atomic mass is 16.5. The minimum Gasteiger partial charge on any atom is -0.487 e. The molecule has 1 aromatic carbocycles. The maximum Gasteiger partial charge on any atom is 0.325 e. The van der Waals surface area contributed by atoms with Crippen molar-refractivity contribution < 1.29 is 14.6 Å². The molecule has 0 aromatic heterocycles. The molecule has 0 fully saturated rings. The second kappa shape index (κ2) is 3.49. The van der Waals surface area contributed by atoms with Gasteiger partial charge in [0.1, 0.15) is 17.4 Å². The van der Waals surface area contributed by atoms with E-state index < -0.39 is 12.0 Å². The fourth-order valence-corrected chi connectivity index (χ4v) is 2.02. The number of ether oxygens (including phenoxy) is 1. The van der Waals surface area contributed by atoms with Crippen LogP contribution in [0.5, 0.6) is 5.75 Å². The van der Waals surface area contributed by atoms with Crippen LogP contribution in [0.25, 0.3) is 0 Å². The zero-order valence-corrected chi connectivity index (χ0v) is 9.36. The second-order valence-electron chi connectivity index (χ2n) is 4.69. The largest absolute Gasteiger partial charge is 0.487 e. The van der Waals surface area contributed by atoms with Crippen LogP contribution in [0.15, 0.2) is 18.2 Å². The number of hydrogen-bond acceptors (Lipinski definition) is 3. The molecule has 86 valence electrons. The number of nitrogens with two attached hydrogens (primary N) is 1. The first-order valence-corrected chi connectivity index (χ1v) is 5.20. The lowest BCUT2D eigenvalue weighted by atomic mass is 9.98. The number of para-hydroxylation sites is 1. The normalized spacial score (nSPS) is 18.7. The van der Waals surface area contributed by atoms with Crippen LogP contribution in [-0.4, -0.2) is 16.7 Å². The summed E-state index contributed by atoms with van der Waals surface area (Å²) in [5.41, 5.74) is 6.92. The first kappa shape index (κ1) is 11.0. The number of carbonyl (C=O) groups is 1. The van der Waals surface area contributed by atoms with Crippen molar-refractivity contribution in [2.75, 3.05) is 0 Å². The van der Waals surface area contributed by atoms with E-state index in [4.69, 9.17) is 15.6 Å². The average Bonchev–Trinajstić information content (AvgIpc) is 2.49. The topological polar surface area (TPSA) is 72.6 Å². The molecule has 0 radical (unpaired) electrons. The number of aliphatic carboxylic acids is 1. The van der Waals surface area contributed by atoms with Crippen molar-refractivity contribution >= 4 is 5.97 Å². The van der Waals surface area contributed by atoms with Gasteiger partial charge in [-0.1, -0.05) is 18.2 Å². The second-order valence-corrected chi connectivity index (χ2v) is 4.69. The number of benzene rings is 1. The third-order valence-electron chi connectivity index (χ3n) is 2.72. The molecule has 3 N–H and O–H groups in total. The Balaban J connectivity index is 2.45. The molecule has 2 rings (SSSR count). The summed E-state index contributed by atoms with van der Waals surface area (Å²) < 4.78 is 5.75. The smallest absolute Gasteiger partial charge is 0.325 e. The highest BCUT2D eigenvalue weighted by Crippen LogP contribution is 2.39. The van der Waals surface area contributed by atoms with E-state index in [9.17, 15) is 4.79 Å². The molecular formula is C12H15NO3. The van der Waals surface area contributed by atoms with E-state index in [2.05, 4.69) is 0 Å². The van der Waals surface area contributed by atoms with Gasteiger partial charge in [-0.05, 0) is 19.4 Å².